The summed E-state index contributed by atoms with van der Waals surface area (Å²) in [5.74, 6) is -2.18. The average molecular weight is 529 g/mol. The number of carbonyl (C=O) groups excluding carboxylic acids is 1. The number of methoxy groups -OCH3 is 1. The van der Waals surface area contributed by atoms with Crippen LogP contribution < -0.4 is 21.1 Å². The van der Waals surface area contributed by atoms with Gasteiger partial charge in [-0.1, -0.05) is 24.4 Å². The average Bonchev–Trinajstić information content (AvgIpc) is 3.32. The molecule has 11 heteroatoms. The Kier molecular flexibility index (Phi) is 8.52. The van der Waals surface area contributed by atoms with Crippen molar-refractivity contribution in [3.05, 3.63) is 71.1 Å². The highest BCUT2D eigenvalue weighted by Gasteiger charge is 2.19. The number of nitrogens with two attached hydrogens (primary N) is 1. The van der Waals surface area contributed by atoms with Gasteiger partial charge in [0.15, 0.2) is 23.0 Å². The number of ether oxygens (including phenoxy) is 1. The molecule has 0 aliphatic rings. The second-order valence-corrected chi connectivity index (χ2v) is 8.74. The van der Waals surface area contributed by atoms with E-state index in [0.29, 0.717) is 41.5 Å². The third-order valence-electron chi connectivity index (χ3n) is 5.86. The number of halogens is 3. The van der Waals surface area contributed by atoms with Crippen molar-refractivity contribution in [1.29, 1.82) is 0 Å². The third-order valence-corrected chi connectivity index (χ3v) is 6.18. The second kappa shape index (κ2) is 12.0. The van der Waals surface area contributed by atoms with E-state index in [1.807, 2.05) is 0 Å². The van der Waals surface area contributed by atoms with Gasteiger partial charge in [-0.25, -0.2) is 14.4 Å². The number of carbonyl (C=O) groups is 1. The number of fused-ring (bicyclic) bond motifs is 1. The highest BCUT2D eigenvalue weighted by molar-refractivity contribution is 6.34. The summed E-state index contributed by atoms with van der Waals surface area (Å²) < 4.78 is 35.4. The molecule has 4 aromatic rings. The zero-order valence-electron chi connectivity index (χ0n) is 20.2. The van der Waals surface area contributed by atoms with Gasteiger partial charge in [0.1, 0.15) is 0 Å². The zero-order chi connectivity index (χ0) is 26.4. The molecule has 37 heavy (non-hydrogen) atoms. The predicted octanol–water partition coefficient (Wildman–Crippen LogP) is 5.33. The summed E-state index contributed by atoms with van der Waals surface area (Å²) in [6, 6.07) is 7.73. The van der Waals surface area contributed by atoms with Gasteiger partial charge < -0.3 is 21.1 Å². The van der Waals surface area contributed by atoms with Gasteiger partial charge in [-0.05, 0) is 49.7 Å². The lowest BCUT2D eigenvalue weighted by Crippen LogP contribution is -2.24. The van der Waals surface area contributed by atoms with Crippen molar-refractivity contribution >= 4 is 34.7 Å². The van der Waals surface area contributed by atoms with E-state index in [0.717, 1.165) is 25.7 Å². The summed E-state index contributed by atoms with van der Waals surface area (Å²) in [6.07, 6.45) is 8.44. The van der Waals surface area contributed by atoms with Crippen molar-refractivity contribution in [3.8, 4) is 17.0 Å². The number of nitrogens with one attached hydrogen (secondary N) is 2. The molecule has 4 N–H and O–H groups in total. The van der Waals surface area contributed by atoms with Crippen LogP contribution in [0.2, 0.25) is 5.02 Å². The van der Waals surface area contributed by atoms with Gasteiger partial charge in [0.2, 0.25) is 5.82 Å². The molecule has 0 atom stereocenters. The smallest absolute Gasteiger partial charge is 0.252 e. The summed E-state index contributed by atoms with van der Waals surface area (Å²) >= 11 is 6.39. The number of aromatic nitrogens is 3. The lowest BCUT2D eigenvalue weighted by molar-refractivity contribution is 0.0953. The minimum Gasteiger partial charge on any atom is -0.494 e. The Morgan fingerprint density at radius 1 is 1.11 bits per heavy atom. The van der Waals surface area contributed by atoms with Crippen molar-refractivity contribution < 1.29 is 18.3 Å². The molecule has 0 saturated carbocycles. The maximum atomic E-state index is 14.7. The van der Waals surface area contributed by atoms with Crippen LogP contribution in [-0.4, -0.2) is 40.5 Å². The second-order valence-electron chi connectivity index (χ2n) is 8.33. The van der Waals surface area contributed by atoms with Crippen LogP contribution in [-0.2, 0) is 0 Å². The number of nitrogens with zero attached hydrogens (tertiary/aromatic N) is 3. The highest BCUT2D eigenvalue weighted by Crippen LogP contribution is 2.32. The first-order valence-electron chi connectivity index (χ1n) is 11.8. The van der Waals surface area contributed by atoms with Gasteiger partial charge >= 0.3 is 0 Å². The Bertz CT molecular complexity index is 1410. The fourth-order valence-corrected chi connectivity index (χ4v) is 4.19. The number of hydrogen-bond donors (Lipinski definition) is 3. The van der Waals surface area contributed by atoms with E-state index in [4.69, 9.17) is 22.1 Å². The van der Waals surface area contributed by atoms with E-state index in [1.54, 1.807) is 28.8 Å². The van der Waals surface area contributed by atoms with Gasteiger partial charge in [0.25, 0.3) is 5.91 Å². The molecule has 1 amide bonds. The standard InChI is InChI=1S/C26H27ClF2N6O2/c1-37-21-9-8-18(22(28)23(21)29)20-15-33-25-24(31-12-13-35(20)25)34-16-6-7-17(19(27)14-16)26(36)32-11-5-3-2-4-10-30/h6-9,12-15H,2-5,10-11,30H2,1H3,(H,31,34)(H,32,36). The van der Waals surface area contributed by atoms with Crippen molar-refractivity contribution in [2.45, 2.75) is 25.7 Å². The summed E-state index contributed by atoms with van der Waals surface area (Å²) in [7, 11) is 1.27. The number of benzene rings is 2. The van der Waals surface area contributed by atoms with Crippen molar-refractivity contribution in [2.24, 2.45) is 5.73 Å². The maximum Gasteiger partial charge on any atom is 0.252 e. The Labute approximate surface area is 217 Å². The fourth-order valence-electron chi connectivity index (χ4n) is 3.93. The summed E-state index contributed by atoms with van der Waals surface area (Å²) in [5, 5.41) is 6.28. The molecule has 0 radical (unpaired) electrons. The van der Waals surface area contributed by atoms with Gasteiger partial charge in [0.05, 0.1) is 29.6 Å². The van der Waals surface area contributed by atoms with E-state index in [-0.39, 0.29) is 22.2 Å². The molecule has 194 valence electrons. The van der Waals surface area contributed by atoms with Crippen LogP contribution in [0.15, 0.2) is 48.9 Å². The normalized spacial score (nSPS) is 11.1. The zero-order valence-corrected chi connectivity index (χ0v) is 21.0. The molecule has 0 bridgehead atoms. The molecule has 0 aliphatic heterocycles. The Morgan fingerprint density at radius 2 is 1.92 bits per heavy atom. The molecular formula is C26H27ClF2N6O2. The fraction of sp³-hybridized carbons (Fsp3) is 0.269. The summed E-state index contributed by atoms with van der Waals surface area (Å²) in [6.45, 7) is 1.24. The SMILES string of the molecule is COc1ccc(-c2cnc3c(Nc4ccc(C(=O)NCCCCCCN)c(Cl)c4)nccn23)c(F)c1F. The molecule has 0 spiro atoms. The van der Waals surface area contributed by atoms with Crippen LogP contribution in [0, 0.1) is 11.6 Å². The third kappa shape index (κ3) is 5.81. The van der Waals surface area contributed by atoms with Crippen molar-refractivity contribution in [1.82, 2.24) is 19.7 Å². The molecule has 2 heterocycles. The molecule has 0 aliphatic carbocycles. The Hall–Kier alpha value is -3.76. The molecule has 0 fully saturated rings. The lowest BCUT2D eigenvalue weighted by Gasteiger charge is -2.11. The number of hydrogen-bond acceptors (Lipinski definition) is 6. The van der Waals surface area contributed by atoms with E-state index >= 15 is 0 Å². The predicted molar refractivity (Wildman–Crippen MR) is 139 cm³/mol. The molecule has 8 nitrogen and oxygen atoms in total. The van der Waals surface area contributed by atoms with Crippen LogP contribution in [0.3, 0.4) is 0 Å². The largest absolute Gasteiger partial charge is 0.494 e. The van der Waals surface area contributed by atoms with Gasteiger partial charge in [-0.3, -0.25) is 9.20 Å². The minimum atomic E-state index is -1.08. The number of anilines is 2. The van der Waals surface area contributed by atoms with Crippen LogP contribution in [0.5, 0.6) is 5.75 Å². The van der Waals surface area contributed by atoms with Crippen molar-refractivity contribution in [2.75, 3.05) is 25.5 Å². The topological polar surface area (TPSA) is 107 Å². The highest BCUT2D eigenvalue weighted by atomic mass is 35.5. The van der Waals surface area contributed by atoms with Crippen LogP contribution >= 0.6 is 11.6 Å². The maximum absolute atomic E-state index is 14.7. The van der Waals surface area contributed by atoms with Crippen LogP contribution in [0.25, 0.3) is 16.9 Å². The number of imidazole rings is 1. The number of unbranched alkanes of at least 4 members (excludes halogenated alkanes) is 3. The molecular weight excluding hydrogens is 502 g/mol. The van der Waals surface area contributed by atoms with Crippen LogP contribution in [0.1, 0.15) is 36.0 Å². The number of rotatable bonds is 11. The summed E-state index contributed by atoms with van der Waals surface area (Å²) in [5.41, 5.74) is 7.19. The van der Waals surface area contributed by atoms with E-state index < -0.39 is 11.6 Å². The molecule has 2 aromatic carbocycles. The van der Waals surface area contributed by atoms with E-state index in [9.17, 15) is 13.6 Å². The Morgan fingerprint density at radius 3 is 2.68 bits per heavy atom. The van der Waals surface area contributed by atoms with Crippen LogP contribution in [0.4, 0.5) is 20.3 Å². The van der Waals surface area contributed by atoms with E-state index in [1.165, 1.54) is 31.6 Å². The van der Waals surface area contributed by atoms with Gasteiger partial charge in [-0.15, -0.1) is 0 Å². The number of amides is 1. The molecule has 0 unspecified atom stereocenters. The van der Waals surface area contributed by atoms with Gasteiger partial charge in [-0.2, -0.15) is 4.39 Å². The monoisotopic (exact) mass is 528 g/mol. The quantitative estimate of drug-likeness (QED) is 0.227. The summed E-state index contributed by atoms with van der Waals surface area (Å²) in [4.78, 5) is 21.2. The first kappa shape index (κ1) is 26.3. The minimum absolute atomic E-state index is 0.0285. The first-order chi connectivity index (χ1) is 17.9. The van der Waals surface area contributed by atoms with Gasteiger partial charge in [0, 0.05) is 30.2 Å². The molecule has 2 aromatic heterocycles. The lowest BCUT2D eigenvalue weighted by atomic mass is 10.1. The Balaban J connectivity index is 1.50. The molecule has 4 rings (SSSR count). The molecule has 0 saturated heterocycles. The van der Waals surface area contributed by atoms with E-state index in [2.05, 4.69) is 20.6 Å². The van der Waals surface area contributed by atoms with Crippen molar-refractivity contribution in [3.63, 3.8) is 0 Å². The first-order valence-corrected chi connectivity index (χ1v) is 12.2.